The molecule has 0 spiro atoms. The van der Waals surface area contributed by atoms with Gasteiger partial charge in [0.2, 0.25) is 0 Å². The van der Waals surface area contributed by atoms with Crippen molar-refractivity contribution in [2.24, 2.45) is 5.92 Å². The highest BCUT2D eigenvalue weighted by atomic mass is 16.5. The van der Waals surface area contributed by atoms with Crippen molar-refractivity contribution < 1.29 is 4.74 Å². The fourth-order valence-electron chi connectivity index (χ4n) is 3.51. The van der Waals surface area contributed by atoms with Crippen LogP contribution in [0.5, 0.6) is 0 Å². The number of rotatable bonds is 4. The van der Waals surface area contributed by atoms with Crippen LogP contribution in [0.2, 0.25) is 0 Å². The zero-order valence-electron chi connectivity index (χ0n) is 11.9. The third-order valence-electron chi connectivity index (χ3n) is 4.52. The zero-order chi connectivity index (χ0) is 12.4. The van der Waals surface area contributed by atoms with Crippen molar-refractivity contribution in [3.8, 4) is 0 Å². The highest BCUT2D eigenvalue weighted by molar-refractivity contribution is 4.93. The van der Waals surface area contributed by atoms with Gasteiger partial charge in [-0.1, -0.05) is 13.8 Å². The van der Waals surface area contributed by atoms with Crippen molar-refractivity contribution in [3.05, 3.63) is 0 Å². The number of hydrogen-bond acceptors (Lipinski definition) is 3. The highest BCUT2D eigenvalue weighted by Crippen LogP contribution is 2.27. The van der Waals surface area contributed by atoms with Crippen molar-refractivity contribution in [2.75, 3.05) is 33.4 Å². The molecule has 3 atom stereocenters. The Morgan fingerprint density at radius 1 is 1.29 bits per heavy atom. The molecule has 0 radical (unpaired) electrons. The van der Waals surface area contributed by atoms with Crippen LogP contribution in [-0.2, 0) is 4.74 Å². The van der Waals surface area contributed by atoms with Crippen LogP contribution in [0.25, 0.3) is 0 Å². The second-order valence-corrected chi connectivity index (χ2v) is 6.10. The molecule has 0 bridgehead atoms. The minimum atomic E-state index is 0.581. The van der Waals surface area contributed by atoms with Crippen LogP contribution in [0, 0.1) is 5.92 Å². The quantitative estimate of drug-likeness (QED) is 0.745. The summed E-state index contributed by atoms with van der Waals surface area (Å²) in [6.45, 7) is 11.7. The summed E-state index contributed by atoms with van der Waals surface area (Å²) in [6, 6.07) is 2.06. The van der Waals surface area contributed by atoms with E-state index in [0.717, 1.165) is 12.6 Å². The first-order chi connectivity index (χ1) is 8.13. The summed E-state index contributed by atoms with van der Waals surface area (Å²) in [5.41, 5.74) is 0. The average molecular weight is 240 g/mol. The van der Waals surface area contributed by atoms with E-state index in [2.05, 4.69) is 30.6 Å². The van der Waals surface area contributed by atoms with Crippen molar-refractivity contribution in [1.82, 2.24) is 9.80 Å². The number of hydrogen-bond donors (Lipinski definition) is 0. The van der Waals surface area contributed by atoms with Gasteiger partial charge in [0, 0.05) is 38.3 Å². The van der Waals surface area contributed by atoms with Crippen LogP contribution in [0.1, 0.15) is 33.6 Å². The Hall–Kier alpha value is -0.120. The molecular weight excluding hydrogens is 212 g/mol. The van der Waals surface area contributed by atoms with Crippen molar-refractivity contribution >= 4 is 0 Å². The first-order valence-corrected chi connectivity index (χ1v) is 7.12. The van der Waals surface area contributed by atoms with Crippen LogP contribution in [-0.4, -0.2) is 61.3 Å². The van der Waals surface area contributed by atoms with Crippen LogP contribution < -0.4 is 0 Å². The van der Waals surface area contributed by atoms with Gasteiger partial charge in [-0.05, 0) is 32.2 Å². The van der Waals surface area contributed by atoms with Gasteiger partial charge in [0.1, 0.15) is 0 Å². The minimum absolute atomic E-state index is 0.581. The Morgan fingerprint density at radius 3 is 2.71 bits per heavy atom. The lowest BCUT2D eigenvalue weighted by Gasteiger charge is -2.47. The summed E-state index contributed by atoms with van der Waals surface area (Å²) in [7, 11) is 1.83. The van der Waals surface area contributed by atoms with E-state index >= 15 is 0 Å². The maximum atomic E-state index is 5.42. The Balaban J connectivity index is 2.02. The second-order valence-electron chi connectivity index (χ2n) is 6.10. The van der Waals surface area contributed by atoms with Crippen LogP contribution in [0.4, 0.5) is 0 Å². The normalized spacial score (nSPS) is 33.0. The molecule has 0 saturated carbocycles. The number of fused-ring (bicyclic) bond motifs is 1. The van der Waals surface area contributed by atoms with Gasteiger partial charge in [0.15, 0.2) is 0 Å². The fourth-order valence-corrected chi connectivity index (χ4v) is 3.51. The lowest BCUT2D eigenvalue weighted by molar-refractivity contribution is -0.0158. The highest BCUT2D eigenvalue weighted by Gasteiger charge is 2.37. The predicted molar refractivity (Wildman–Crippen MR) is 71.3 cm³/mol. The van der Waals surface area contributed by atoms with Gasteiger partial charge in [-0.3, -0.25) is 9.80 Å². The standard InChI is InChI=1S/C14H28N2O/c1-11(2)14(10-17-4)16-9-13-6-5-7-15(13)8-12(16)3/h11-14H,5-10H2,1-4H3. The molecule has 100 valence electrons. The fraction of sp³-hybridized carbons (Fsp3) is 1.00. The average Bonchev–Trinajstić information content (AvgIpc) is 2.71. The molecule has 3 unspecified atom stereocenters. The summed E-state index contributed by atoms with van der Waals surface area (Å²) in [6.07, 6.45) is 2.78. The Kier molecular flexibility index (Phi) is 4.45. The lowest BCUT2D eigenvalue weighted by atomic mass is 9.98. The molecule has 0 N–H and O–H groups in total. The van der Waals surface area contributed by atoms with E-state index in [9.17, 15) is 0 Å². The molecule has 0 aromatic heterocycles. The van der Waals surface area contributed by atoms with Gasteiger partial charge >= 0.3 is 0 Å². The maximum absolute atomic E-state index is 5.42. The topological polar surface area (TPSA) is 15.7 Å². The molecule has 2 rings (SSSR count). The first-order valence-electron chi connectivity index (χ1n) is 7.12. The van der Waals surface area contributed by atoms with Crippen LogP contribution in [0.3, 0.4) is 0 Å². The number of methoxy groups -OCH3 is 1. The molecule has 0 aromatic rings. The molecule has 0 aromatic carbocycles. The van der Waals surface area contributed by atoms with Crippen LogP contribution in [0.15, 0.2) is 0 Å². The van der Waals surface area contributed by atoms with Gasteiger partial charge in [-0.15, -0.1) is 0 Å². The van der Waals surface area contributed by atoms with E-state index in [1.807, 2.05) is 7.11 Å². The lowest BCUT2D eigenvalue weighted by Crippen LogP contribution is -2.60. The Morgan fingerprint density at radius 2 is 2.06 bits per heavy atom. The predicted octanol–water partition coefficient (Wildman–Crippen LogP) is 1.83. The van der Waals surface area contributed by atoms with E-state index in [4.69, 9.17) is 4.74 Å². The summed E-state index contributed by atoms with van der Waals surface area (Å²) in [5, 5.41) is 0. The number of piperazine rings is 1. The van der Waals surface area contributed by atoms with E-state index in [-0.39, 0.29) is 0 Å². The van der Waals surface area contributed by atoms with Crippen molar-refractivity contribution in [1.29, 1.82) is 0 Å². The Labute approximate surface area is 106 Å². The molecule has 0 amide bonds. The molecule has 17 heavy (non-hydrogen) atoms. The van der Waals surface area contributed by atoms with Gasteiger partial charge < -0.3 is 4.74 Å². The van der Waals surface area contributed by atoms with E-state index in [1.54, 1.807) is 0 Å². The summed E-state index contributed by atoms with van der Waals surface area (Å²) >= 11 is 0. The van der Waals surface area contributed by atoms with Crippen molar-refractivity contribution in [2.45, 2.75) is 51.7 Å². The molecule has 0 aliphatic carbocycles. The minimum Gasteiger partial charge on any atom is -0.383 e. The molecule has 2 heterocycles. The smallest absolute Gasteiger partial charge is 0.0620 e. The van der Waals surface area contributed by atoms with E-state index in [1.165, 1.54) is 32.5 Å². The third kappa shape index (κ3) is 2.83. The third-order valence-corrected chi connectivity index (χ3v) is 4.52. The molecule has 2 saturated heterocycles. The van der Waals surface area contributed by atoms with Gasteiger partial charge in [-0.2, -0.15) is 0 Å². The Bertz CT molecular complexity index is 244. The number of nitrogens with zero attached hydrogens (tertiary/aromatic N) is 2. The van der Waals surface area contributed by atoms with Crippen molar-refractivity contribution in [3.63, 3.8) is 0 Å². The van der Waals surface area contributed by atoms with E-state index < -0.39 is 0 Å². The summed E-state index contributed by atoms with van der Waals surface area (Å²) in [5.74, 6) is 0.672. The van der Waals surface area contributed by atoms with Crippen LogP contribution >= 0.6 is 0 Å². The monoisotopic (exact) mass is 240 g/mol. The molecule has 2 fully saturated rings. The summed E-state index contributed by atoms with van der Waals surface area (Å²) in [4.78, 5) is 5.38. The van der Waals surface area contributed by atoms with E-state index in [0.29, 0.717) is 18.0 Å². The maximum Gasteiger partial charge on any atom is 0.0620 e. The molecule has 3 heteroatoms. The van der Waals surface area contributed by atoms with Gasteiger partial charge in [0.25, 0.3) is 0 Å². The van der Waals surface area contributed by atoms with Gasteiger partial charge in [-0.25, -0.2) is 0 Å². The summed E-state index contributed by atoms with van der Waals surface area (Å²) < 4.78 is 5.42. The number of ether oxygens (including phenoxy) is 1. The molecule has 2 aliphatic heterocycles. The molecule has 2 aliphatic rings. The molecule has 3 nitrogen and oxygen atoms in total. The van der Waals surface area contributed by atoms with Gasteiger partial charge in [0.05, 0.1) is 6.61 Å². The second kappa shape index (κ2) is 5.68. The SMILES string of the molecule is COCC(C(C)C)N1CC2CCCN2CC1C. The first kappa shape index (κ1) is 13.3. The zero-order valence-corrected chi connectivity index (χ0v) is 11.9. The largest absolute Gasteiger partial charge is 0.383 e. The molecular formula is C14H28N2O.